The van der Waals surface area contributed by atoms with Gasteiger partial charge in [-0.1, -0.05) is 30.4 Å². The van der Waals surface area contributed by atoms with Crippen LogP contribution < -0.4 is 15.4 Å². The number of carbonyl (C=O) groups excluding carboxylic acids is 1. The molecule has 0 aliphatic heterocycles. The van der Waals surface area contributed by atoms with Gasteiger partial charge in [-0.25, -0.2) is 4.98 Å². The summed E-state index contributed by atoms with van der Waals surface area (Å²) < 4.78 is 5.47. The molecule has 1 rings (SSSR count). The number of rotatable bonds is 12. The molecule has 0 saturated carbocycles. The lowest BCUT2D eigenvalue weighted by atomic mass is 10.1. The molecule has 0 aromatic carbocycles. The molecule has 0 aliphatic carbocycles. The van der Waals surface area contributed by atoms with Crippen LogP contribution in [0.5, 0.6) is 5.19 Å². The quantitative estimate of drug-likeness (QED) is 0.381. The van der Waals surface area contributed by atoms with Crippen LogP contribution in [0.4, 0.5) is 0 Å². The van der Waals surface area contributed by atoms with Gasteiger partial charge >= 0.3 is 0 Å². The molecule has 1 heterocycles. The van der Waals surface area contributed by atoms with Gasteiger partial charge in [0.1, 0.15) is 17.6 Å². The van der Waals surface area contributed by atoms with Gasteiger partial charge in [0, 0.05) is 18.6 Å². The summed E-state index contributed by atoms with van der Waals surface area (Å²) in [4.78, 5) is 16.7. The van der Waals surface area contributed by atoms with Crippen molar-refractivity contribution in [3.63, 3.8) is 0 Å². The Labute approximate surface area is 161 Å². The molecule has 1 atom stereocenters. The summed E-state index contributed by atoms with van der Waals surface area (Å²) in [7, 11) is 0. The van der Waals surface area contributed by atoms with Crippen molar-refractivity contribution in [2.24, 2.45) is 0 Å². The summed E-state index contributed by atoms with van der Waals surface area (Å²) in [6, 6.07) is 0. The van der Waals surface area contributed by atoms with Crippen LogP contribution in [-0.4, -0.2) is 47.3 Å². The van der Waals surface area contributed by atoms with Crippen molar-refractivity contribution >= 4 is 17.2 Å². The predicted molar refractivity (Wildman–Crippen MR) is 107 cm³/mol. The van der Waals surface area contributed by atoms with Crippen LogP contribution >= 0.6 is 11.3 Å². The Morgan fingerprint density at radius 2 is 2.15 bits per heavy atom. The van der Waals surface area contributed by atoms with E-state index < -0.39 is 6.10 Å². The number of aliphatic hydroxyl groups excluding tert-OH is 1. The molecular formula is C19H33N3O3S. The van der Waals surface area contributed by atoms with Crippen LogP contribution in [0.1, 0.15) is 63.0 Å². The summed E-state index contributed by atoms with van der Waals surface area (Å²) in [5, 5.41) is 16.4. The van der Waals surface area contributed by atoms with Gasteiger partial charge in [-0.05, 0) is 46.5 Å². The highest BCUT2D eigenvalue weighted by atomic mass is 32.1. The van der Waals surface area contributed by atoms with Crippen LogP contribution in [0.3, 0.4) is 0 Å². The number of hydrogen-bond donors (Lipinski definition) is 3. The molecule has 7 heteroatoms. The number of aliphatic hydroxyl groups is 1. The number of amides is 1. The van der Waals surface area contributed by atoms with Crippen molar-refractivity contribution in [3.8, 4) is 5.19 Å². The van der Waals surface area contributed by atoms with Gasteiger partial charge < -0.3 is 20.5 Å². The third-order valence-electron chi connectivity index (χ3n) is 3.46. The fraction of sp³-hybridized carbons (Fsp3) is 0.684. The molecule has 3 N–H and O–H groups in total. The van der Waals surface area contributed by atoms with Gasteiger partial charge in [-0.15, -0.1) is 0 Å². The highest BCUT2D eigenvalue weighted by molar-refractivity contribution is 7.15. The molecule has 0 bridgehead atoms. The number of ether oxygens (including phenoxy) is 1. The van der Waals surface area contributed by atoms with Gasteiger partial charge in [-0.3, -0.25) is 4.79 Å². The van der Waals surface area contributed by atoms with Crippen molar-refractivity contribution in [1.82, 2.24) is 15.6 Å². The number of β-amino-alcohol motifs (C(OH)–C–C–N with tert-alkyl or cyclic N) is 1. The lowest BCUT2D eigenvalue weighted by molar-refractivity contribution is 0.0957. The number of nitrogens with one attached hydrogen (secondary N) is 2. The topological polar surface area (TPSA) is 83.5 Å². The first-order valence-electron chi connectivity index (χ1n) is 9.26. The smallest absolute Gasteiger partial charge is 0.273 e. The van der Waals surface area contributed by atoms with Gasteiger partial charge in [0.2, 0.25) is 0 Å². The van der Waals surface area contributed by atoms with E-state index in [1.807, 2.05) is 20.8 Å². The van der Waals surface area contributed by atoms with E-state index in [2.05, 4.69) is 34.7 Å². The zero-order valence-corrected chi connectivity index (χ0v) is 17.2. The molecule has 0 spiro atoms. The zero-order chi connectivity index (χ0) is 19.4. The maximum atomic E-state index is 12.1. The molecule has 1 aromatic rings. The second-order valence-corrected chi connectivity index (χ2v) is 8.21. The fourth-order valence-corrected chi connectivity index (χ4v) is 2.73. The minimum absolute atomic E-state index is 0.0558. The second-order valence-electron chi connectivity index (χ2n) is 7.22. The van der Waals surface area contributed by atoms with Crippen LogP contribution in [0.2, 0.25) is 0 Å². The minimum atomic E-state index is -0.628. The van der Waals surface area contributed by atoms with Crippen molar-refractivity contribution in [1.29, 1.82) is 0 Å². The average Bonchev–Trinajstić information content (AvgIpc) is 3.05. The van der Waals surface area contributed by atoms with Crippen molar-refractivity contribution in [2.45, 2.75) is 65.0 Å². The van der Waals surface area contributed by atoms with E-state index in [9.17, 15) is 9.90 Å². The first kappa shape index (κ1) is 22.6. The summed E-state index contributed by atoms with van der Waals surface area (Å²) in [5.41, 5.74) is -0.0558. The molecule has 1 unspecified atom stereocenters. The maximum Gasteiger partial charge on any atom is 0.273 e. The van der Waals surface area contributed by atoms with E-state index in [4.69, 9.17) is 4.74 Å². The normalized spacial score (nSPS) is 13.1. The Hall–Kier alpha value is -1.44. The molecule has 0 saturated heterocycles. The van der Waals surface area contributed by atoms with Crippen LogP contribution in [0.15, 0.2) is 18.3 Å². The standard InChI is InChI=1S/C19H33N3O3S/c1-5-6-7-8-9-10-11-20-17(24)16-13-21-18(26-16)25-14-15(23)12-22-19(2,3)4/h6-7,13,15,22-23H,5,8-12,14H2,1-4H3,(H,20,24)/b7-6-. The highest BCUT2D eigenvalue weighted by Gasteiger charge is 2.15. The zero-order valence-electron chi connectivity index (χ0n) is 16.4. The Balaban J connectivity index is 2.24. The number of aromatic nitrogens is 1. The van der Waals surface area contributed by atoms with Gasteiger partial charge in [0.05, 0.1) is 6.20 Å². The molecule has 1 amide bonds. The number of allylic oxidation sites excluding steroid dienone is 2. The fourth-order valence-electron chi connectivity index (χ4n) is 2.04. The number of carbonyl (C=O) groups is 1. The highest BCUT2D eigenvalue weighted by Crippen LogP contribution is 2.20. The van der Waals surface area contributed by atoms with E-state index in [0.29, 0.717) is 23.2 Å². The Kier molecular flexibility index (Phi) is 10.5. The van der Waals surface area contributed by atoms with Gasteiger partial charge in [-0.2, -0.15) is 0 Å². The van der Waals surface area contributed by atoms with E-state index in [1.165, 1.54) is 17.5 Å². The van der Waals surface area contributed by atoms with Crippen molar-refractivity contribution in [3.05, 3.63) is 23.2 Å². The molecule has 0 fully saturated rings. The Bertz CT molecular complexity index is 552. The molecule has 0 aliphatic rings. The predicted octanol–water partition coefficient (Wildman–Crippen LogP) is 3.14. The first-order valence-corrected chi connectivity index (χ1v) is 10.1. The third-order valence-corrected chi connectivity index (χ3v) is 4.37. The number of hydrogen-bond acceptors (Lipinski definition) is 6. The summed E-state index contributed by atoms with van der Waals surface area (Å²) in [5.74, 6) is -0.128. The number of unbranched alkanes of at least 4 members (excludes halogenated alkanes) is 2. The van der Waals surface area contributed by atoms with Crippen molar-refractivity contribution in [2.75, 3.05) is 19.7 Å². The average molecular weight is 384 g/mol. The second kappa shape index (κ2) is 12.0. The monoisotopic (exact) mass is 383 g/mol. The van der Waals surface area contributed by atoms with Crippen LogP contribution in [0, 0.1) is 0 Å². The van der Waals surface area contributed by atoms with Gasteiger partial charge in [0.15, 0.2) is 0 Å². The van der Waals surface area contributed by atoms with Crippen LogP contribution in [0.25, 0.3) is 0 Å². The molecule has 26 heavy (non-hydrogen) atoms. The molecule has 1 aromatic heterocycles. The molecule has 6 nitrogen and oxygen atoms in total. The Morgan fingerprint density at radius 3 is 2.85 bits per heavy atom. The van der Waals surface area contributed by atoms with Crippen molar-refractivity contribution < 1.29 is 14.6 Å². The lowest BCUT2D eigenvalue weighted by Gasteiger charge is -2.22. The lowest BCUT2D eigenvalue weighted by Crippen LogP contribution is -2.42. The van der Waals surface area contributed by atoms with E-state index in [-0.39, 0.29) is 18.1 Å². The molecule has 0 radical (unpaired) electrons. The van der Waals surface area contributed by atoms with Crippen LogP contribution in [-0.2, 0) is 0 Å². The number of thiazole rings is 1. The summed E-state index contributed by atoms with van der Waals surface area (Å²) in [6.45, 7) is 9.46. The minimum Gasteiger partial charge on any atom is -0.467 e. The molecular weight excluding hydrogens is 350 g/mol. The van der Waals surface area contributed by atoms with Gasteiger partial charge in [0.25, 0.3) is 11.1 Å². The molecule has 148 valence electrons. The first-order chi connectivity index (χ1) is 12.3. The largest absolute Gasteiger partial charge is 0.467 e. The van der Waals surface area contributed by atoms with E-state index >= 15 is 0 Å². The number of nitrogens with zero attached hydrogens (tertiary/aromatic N) is 1. The maximum absolute atomic E-state index is 12.1. The van der Waals surface area contributed by atoms with E-state index in [1.54, 1.807) is 0 Å². The third kappa shape index (κ3) is 10.5. The summed E-state index contributed by atoms with van der Waals surface area (Å²) in [6.07, 6.45) is 9.36. The summed E-state index contributed by atoms with van der Waals surface area (Å²) >= 11 is 1.19. The Morgan fingerprint density at radius 1 is 1.38 bits per heavy atom. The SMILES string of the molecule is CC/C=C\CCCCNC(=O)c1cnc(OCC(O)CNC(C)(C)C)s1. The van der Waals surface area contributed by atoms with E-state index in [0.717, 1.165) is 25.7 Å².